The van der Waals surface area contributed by atoms with E-state index in [0.29, 0.717) is 35.7 Å². The van der Waals surface area contributed by atoms with Gasteiger partial charge >= 0.3 is 0 Å². The molecule has 2 heterocycles. The number of nitrogens with one attached hydrogen (secondary N) is 1. The average Bonchev–Trinajstić information content (AvgIpc) is 3.54. The molecule has 2 aromatic carbocycles. The molecular formula is C34H43ClN6O2. The number of hydrogen-bond acceptors (Lipinski definition) is 5. The summed E-state index contributed by atoms with van der Waals surface area (Å²) in [6.07, 6.45) is 3.36. The second kappa shape index (κ2) is 13.3. The first kappa shape index (κ1) is 32.2. The predicted octanol–water partition coefficient (Wildman–Crippen LogP) is 6.91. The largest absolute Gasteiger partial charge is 0.333 e. The second-order valence-corrected chi connectivity index (χ2v) is 13.5. The number of carbonyl (C=O) groups is 2. The van der Waals surface area contributed by atoms with E-state index in [4.69, 9.17) is 16.6 Å². The zero-order valence-corrected chi connectivity index (χ0v) is 27.1. The molecule has 1 N–H and O–H groups in total. The van der Waals surface area contributed by atoms with Crippen LogP contribution in [0.2, 0.25) is 5.02 Å². The Bertz CT molecular complexity index is 1540. The molecule has 1 unspecified atom stereocenters. The van der Waals surface area contributed by atoms with Gasteiger partial charge in [0.1, 0.15) is 11.6 Å². The number of rotatable bonds is 9. The van der Waals surface area contributed by atoms with Gasteiger partial charge in [-0.2, -0.15) is 5.26 Å². The number of benzene rings is 2. The van der Waals surface area contributed by atoms with E-state index < -0.39 is 0 Å². The van der Waals surface area contributed by atoms with Gasteiger partial charge in [-0.3, -0.25) is 19.8 Å². The van der Waals surface area contributed by atoms with E-state index in [-0.39, 0.29) is 34.8 Å². The molecule has 1 saturated heterocycles. The maximum Gasteiger partial charge on any atom is 0.264 e. The van der Waals surface area contributed by atoms with Gasteiger partial charge in [0.2, 0.25) is 5.95 Å². The molecule has 43 heavy (non-hydrogen) atoms. The van der Waals surface area contributed by atoms with Gasteiger partial charge in [-0.05, 0) is 80.1 Å². The zero-order valence-electron chi connectivity index (χ0n) is 26.3. The first-order valence-corrected chi connectivity index (χ1v) is 15.4. The molecule has 2 amide bonds. The molecule has 1 aromatic heterocycles. The molecule has 0 bridgehead atoms. The van der Waals surface area contributed by atoms with E-state index in [0.717, 1.165) is 36.0 Å². The molecule has 228 valence electrons. The number of likely N-dealkylation sites (tertiary alicyclic amines) is 1. The van der Waals surface area contributed by atoms with Crippen molar-refractivity contribution in [3.05, 3.63) is 70.3 Å². The fraction of sp³-hybridized carbons (Fsp3) is 0.471. The van der Waals surface area contributed by atoms with Crippen LogP contribution in [0.4, 0.5) is 5.95 Å². The SMILES string of the molecule is CC(C)/C=C(\C#N)C(=O)N1CCCC1Cn1c(NC(=O)c2ccc(Cl)cc2)nc2cc(CN(C)[C@@H](C)C(C)(C)C)ccc21. The molecule has 1 fully saturated rings. The number of nitriles is 1. The van der Waals surface area contributed by atoms with Crippen LogP contribution in [0.1, 0.15) is 70.3 Å². The number of fused-ring (bicyclic) bond motifs is 1. The third kappa shape index (κ3) is 7.65. The Morgan fingerprint density at radius 2 is 1.88 bits per heavy atom. The number of imidazole rings is 1. The lowest BCUT2D eigenvalue weighted by molar-refractivity contribution is -0.127. The summed E-state index contributed by atoms with van der Waals surface area (Å²) in [4.78, 5) is 35.7. The summed E-state index contributed by atoms with van der Waals surface area (Å²) in [5, 5.41) is 13.2. The number of halogens is 1. The highest BCUT2D eigenvalue weighted by Gasteiger charge is 2.32. The highest BCUT2D eigenvalue weighted by atomic mass is 35.5. The van der Waals surface area contributed by atoms with E-state index >= 15 is 0 Å². The van der Waals surface area contributed by atoms with Crippen LogP contribution in [0.5, 0.6) is 0 Å². The lowest BCUT2D eigenvalue weighted by atomic mass is 9.87. The summed E-state index contributed by atoms with van der Waals surface area (Å²) in [7, 11) is 2.13. The molecule has 0 spiro atoms. The van der Waals surface area contributed by atoms with Crippen LogP contribution in [-0.2, 0) is 17.9 Å². The minimum atomic E-state index is -0.293. The average molecular weight is 603 g/mol. The first-order chi connectivity index (χ1) is 20.3. The minimum absolute atomic E-state index is 0.0894. The van der Waals surface area contributed by atoms with Crippen molar-refractivity contribution in [1.82, 2.24) is 19.4 Å². The third-order valence-electron chi connectivity index (χ3n) is 8.37. The lowest BCUT2D eigenvalue weighted by Gasteiger charge is -2.35. The van der Waals surface area contributed by atoms with Crippen molar-refractivity contribution in [2.75, 3.05) is 18.9 Å². The summed E-state index contributed by atoms with van der Waals surface area (Å²) in [6.45, 7) is 14.7. The Balaban J connectivity index is 1.69. The Kier molecular flexibility index (Phi) is 9.99. The van der Waals surface area contributed by atoms with Crippen LogP contribution < -0.4 is 5.32 Å². The maximum atomic E-state index is 13.4. The molecule has 9 heteroatoms. The summed E-state index contributed by atoms with van der Waals surface area (Å²) in [6, 6.07) is 15.3. The smallest absolute Gasteiger partial charge is 0.264 e. The quantitative estimate of drug-likeness (QED) is 0.212. The van der Waals surface area contributed by atoms with Gasteiger partial charge in [0.25, 0.3) is 11.8 Å². The standard InChI is InChI=1S/C34H43ClN6O2/c1-22(2)17-26(19-36)32(43)40-16-8-9-28(40)21-41-30-15-10-24(20-39(7)23(3)34(4,5)6)18-29(30)37-33(41)38-31(42)25-11-13-27(35)14-12-25/h10-15,17-18,22-23,28H,8-9,16,20-21H2,1-7H3,(H,37,38,42)/b26-17+/t23-,28?/m0/s1. The topological polar surface area (TPSA) is 94.3 Å². The van der Waals surface area contributed by atoms with E-state index in [1.807, 2.05) is 24.5 Å². The minimum Gasteiger partial charge on any atom is -0.333 e. The number of anilines is 1. The van der Waals surface area contributed by atoms with Gasteiger partial charge in [-0.1, -0.05) is 58.4 Å². The number of aromatic nitrogens is 2. The van der Waals surface area contributed by atoms with Gasteiger partial charge in [0.05, 0.1) is 17.1 Å². The molecule has 1 aliphatic heterocycles. The van der Waals surface area contributed by atoms with E-state index in [2.05, 4.69) is 63.2 Å². The fourth-order valence-electron chi connectivity index (χ4n) is 5.56. The van der Waals surface area contributed by atoms with Crippen molar-refractivity contribution in [3.63, 3.8) is 0 Å². The Hall–Kier alpha value is -3.67. The van der Waals surface area contributed by atoms with Crippen LogP contribution >= 0.6 is 11.6 Å². The van der Waals surface area contributed by atoms with Crippen molar-refractivity contribution in [2.45, 2.75) is 79.6 Å². The molecule has 8 nitrogen and oxygen atoms in total. The Labute approximate surface area is 260 Å². The number of hydrogen-bond donors (Lipinski definition) is 1. The molecule has 0 radical (unpaired) electrons. The van der Waals surface area contributed by atoms with E-state index in [9.17, 15) is 14.9 Å². The number of carbonyl (C=O) groups excluding carboxylic acids is 2. The van der Waals surface area contributed by atoms with Crippen molar-refractivity contribution in [3.8, 4) is 6.07 Å². The van der Waals surface area contributed by atoms with Crippen LogP contribution in [0, 0.1) is 22.7 Å². The highest BCUT2D eigenvalue weighted by molar-refractivity contribution is 6.30. The third-order valence-corrected chi connectivity index (χ3v) is 8.63. The molecular weight excluding hydrogens is 560 g/mol. The van der Waals surface area contributed by atoms with Gasteiger partial charge in [0.15, 0.2) is 0 Å². The van der Waals surface area contributed by atoms with Gasteiger partial charge in [-0.15, -0.1) is 0 Å². The zero-order chi connectivity index (χ0) is 31.5. The summed E-state index contributed by atoms with van der Waals surface area (Å²) in [5.41, 5.74) is 3.55. The van der Waals surface area contributed by atoms with Crippen LogP contribution in [0.3, 0.4) is 0 Å². The second-order valence-electron chi connectivity index (χ2n) is 13.0. The number of nitrogens with zero attached hydrogens (tertiary/aromatic N) is 5. The number of allylic oxidation sites excluding steroid dienone is 1. The number of amides is 2. The lowest BCUT2D eigenvalue weighted by Crippen LogP contribution is -2.39. The van der Waals surface area contributed by atoms with Gasteiger partial charge in [0, 0.05) is 36.3 Å². The normalized spacial score (nSPS) is 16.6. The maximum absolute atomic E-state index is 13.4. The first-order valence-electron chi connectivity index (χ1n) is 15.0. The van der Waals surface area contributed by atoms with E-state index in [1.165, 1.54) is 0 Å². The van der Waals surface area contributed by atoms with Crippen LogP contribution in [0.25, 0.3) is 11.0 Å². The van der Waals surface area contributed by atoms with Crippen molar-refractivity contribution in [1.29, 1.82) is 5.26 Å². The monoisotopic (exact) mass is 602 g/mol. The predicted molar refractivity (Wildman–Crippen MR) is 173 cm³/mol. The van der Waals surface area contributed by atoms with Crippen LogP contribution in [-0.4, -0.2) is 56.8 Å². The van der Waals surface area contributed by atoms with Gasteiger partial charge in [-0.25, -0.2) is 4.98 Å². The van der Waals surface area contributed by atoms with Crippen molar-refractivity contribution >= 4 is 40.4 Å². The molecule has 2 atom stereocenters. The summed E-state index contributed by atoms with van der Waals surface area (Å²) >= 11 is 6.04. The van der Waals surface area contributed by atoms with E-state index in [1.54, 1.807) is 35.2 Å². The molecule has 3 aromatic rings. The summed E-state index contributed by atoms with van der Waals surface area (Å²) < 4.78 is 1.99. The van der Waals surface area contributed by atoms with Crippen LogP contribution in [0.15, 0.2) is 54.1 Å². The fourth-order valence-corrected chi connectivity index (χ4v) is 5.69. The van der Waals surface area contributed by atoms with Gasteiger partial charge < -0.3 is 9.47 Å². The Morgan fingerprint density at radius 1 is 1.19 bits per heavy atom. The summed E-state index contributed by atoms with van der Waals surface area (Å²) in [5.74, 6) is -0.0288. The Morgan fingerprint density at radius 3 is 2.51 bits per heavy atom. The van der Waals surface area contributed by atoms with Crippen molar-refractivity contribution < 1.29 is 9.59 Å². The molecule has 0 aliphatic carbocycles. The van der Waals surface area contributed by atoms with Crippen molar-refractivity contribution in [2.24, 2.45) is 11.3 Å². The molecule has 0 saturated carbocycles. The highest BCUT2D eigenvalue weighted by Crippen LogP contribution is 2.29. The molecule has 1 aliphatic rings. The molecule has 4 rings (SSSR count).